The number of pyridine rings is 1. The zero-order chi connectivity index (χ0) is 17.3. The highest BCUT2D eigenvalue weighted by atomic mass is 16.1. The van der Waals surface area contributed by atoms with Gasteiger partial charge in [0.05, 0.1) is 6.54 Å². The minimum absolute atomic E-state index is 0.111. The summed E-state index contributed by atoms with van der Waals surface area (Å²) in [5.74, 6) is 6.10. The van der Waals surface area contributed by atoms with Crippen LogP contribution >= 0.6 is 0 Å². The van der Waals surface area contributed by atoms with Crippen molar-refractivity contribution in [2.75, 3.05) is 17.2 Å². The zero-order valence-electron chi connectivity index (χ0n) is 13.6. The number of carbonyl (C=O) groups excluding carboxylic acids is 1. The van der Waals surface area contributed by atoms with E-state index in [1.54, 1.807) is 12.4 Å². The van der Waals surface area contributed by atoms with Gasteiger partial charge in [-0.2, -0.15) is 0 Å². The summed E-state index contributed by atoms with van der Waals surface area (Å²) >= 11 is 0. The Kier molecular flexibility index (Phi) is 5.42. The largest absolute Gasteiger partial charge is 0.376 e. The maximum Gasteiger partial charge on any atom is 0.243 e. The third-order valence-electron chi connectivity index (χ3n) is 3.43. The summed E-state index contributed by atoms with van der Waals surface area (Å²) in [5.41, 5.74) is 3.47. The van der Waals surface area contributed by atoms with Gasteiger partial charge in [-0.15, -0.1) is 0 Å². The van der Waals surface area contributed by atoms with Crippen molar-refractivity contribution >= 4 is 17.3 Å². The molecule has 3 aromatic rings. The smallest absolute Gasteiger partial charge is 0.243 e. The molecule has 0 spiro atoms. The highest BCUT2D eigenvalue weighted by Gasteiger charge is 2.02. The van der Waals surface area contributed by atoms with E-state index >= 15 is 0 Å². The predicted octanol–water partition coefficient (Wildman–Crippen LogP) is 3.53. The molecule has 0 saturated carbocycles. The minimum Gasteiger partial charge on any atom is -0.376 e. The maximum absolute atomic E-state index is 12.0. The SMILES string of the molecule is O=C(CNc1ccncc1)Nc1ccc(C#Cc2ccccc2)cc1. The molecule has 0 aliphatic heterocycles. The van der Waals surface area contributed by atoms with Gasteiger partial charge >= 0.3 is 0 Å². The number of hydrogen-bond acceptors (Lipinski definition) is 3. The van der Waals surface area contributed by atoms with Crippen LogP contribution in [0.25, 0.3) is 0 Å². The normalized spacial score (nSPS) is 9.60. The molecule has 0 aliphatic carbocycles. The van der Waals surface area contributed by atoms with E-state index in [2.05, 4.69) is 27.5 Å². The lowest BCUT2D eigenvalue weighted by atomic mass is 10.1. The molecule has 4 heteroatoms. The van der Waals surface area contributed by atoms with Crippen LogP contribution in [0.15, 0.2) is 79.1 Å². The Morgan fingerprint density at radius 1 is 0.800 bits per heavy atom. The summed E-state index contributed by atoms with van der Waals surface area (Å²) in [6.45, 7) is 0.194. The molecule has 0 atom stereocenters. The fraction of sp³-hybridized carbons (Fsp3) is 0.0476. The number of nitrogens with zero attached hydrogens (tertiary/aromatic N) is 1. The number of anilines is 2. The third kappa shape index (κ3) is 5.22. The second-order valence-electron chi connectivity index (χ2n) is 5.33. The lowest BCUT2D eigenvalue weighted by Gasteiger charge is -2.07. The van der Waals surface area contributed by atoms with Crippen molar-refractivity contribution in [2.24, 2.45) is 0 Å². The van der Waals surface area contributed by atoms with Crippen molar-refractivity contribution in [1.29, 1.82) is 0 Å². The van der Waals surface area contributed by atoms with Crippen molar-refractivity contribution in [3.63, 3.8) is 0 Å². The quantitative estimate of drug-likeness (QED) is 0.721. The summed E-state index contributed by atoms with van der Waals surface area (Å²) in [6, 6.07) is 20.9. The second kappa shape index (κ2) is 8.32. The average Bonchev–Trinajstić information content (AvgIpc) is 2.67. The standard InChI is InChI=1S/C21H17N3O/c25-21(16-23-19-12-14-22-15-13-19)24-20-10-8-18(9-11-20)7-6-17-4-2-1-3-5-17/h1-5,8-15H,16H2,(H,22,23)(H,24,25). The first-order chi connectivity index (χ1) is 12.3. The van der Waals surface area contributed by atoms with Crippen LogP contribution in [0, 0.1) is 11.8 Å². The summed E-state index contributed by atoms with van der Waals surface area (Å²) in [4.78, 5) is 15.9. The summed E-state index contributed by atoms with van der Waals surface area (Å²) in [5, 5.41) is 5.89. The van der Waals surface area contributed by atoms with Gasteiger partial charge in [-0.3, -0.25) is 9.78 Å². The van der Waals surface area contributed by atoms with E-state index in [0.29, 0.717) is 0 Å². The molecule has 3 rings (SSSR count). The molecular formula is C21H17N3O. The molecule has 4 nitrogen and oxygen atoms in total. The molecule has 1 amide bonds. The Balaban J connectivity index is 1.54. The monoisotopic (exact) mass is 327 g/mol. The molecule has 25 heavy (non-hydrogen) atoms. The van der Waals surface area contributed by atoms with E-state index in [-0.39, 0.29) is 12.5 Å². The molecule has 0 saturated heterocycles. The van der Waals surface area contributed by atoms with Gasteiger partial charge in [-0.1, -0.05) is 30.0 Å². The fourth-order valence-electron chi connectivity index (χ4n) is 2.16. The van der Waals surface area contributed by atoms with Gasteiger partial charge in [-0.25, -0.2) is 0 Å². The first-order valence-electron chi connectivity index (χ1n) is 7.90. The lowest BCUT2D eigenvalue weighted by Crippen LogP contribution is -2.21. The second-order valence-corrected chi connectivity index (χ2v) is 5.33. The molecule has 0 bridgehead atoms. The van der Waals surface area contributed by atoms with Gasteiger partial charge in [0.25, 0.3) is 0 Å². The summed E-state index contributed by atoms with van der Waals surface area (Å²) in [7, 11) is 0. The van der Waals surface area contributed by atoms with Crippen LogP contribution < -0.4 is 10.6 Å². The molecule has 122 valence electrons. The molecule has 0 fully saturated rings. The Bertz CT molecular complexity index is 879. The van der Waals surface area contributed by atoms with Crippen LogP contribution in [0.3, 0.4) is 0 Å². The topological polar surface area (TPSA) is 54.0 Å². The molecule has 0 aliphatic rings. The highest BCUT2D eigenvalue weighted by molar-refractivity contribution is 5.93. The van der Waals surface area contributed by atoms with E-state index in [1.807, 2.05) is 66.7 Å². The Hall–Kier alpha value is -3.58. The fourth-order valence-corrected chi connectivity index (χ4v) is 2.16. The number of nitrogens with one attached hydrogen (secondary N) is 2. The van der Waals surface area contributed by atoms with Crippen molar-refractivity contribution in [2.45, 2.75) is 0 Å². The third-order valence-corrected chi connectivity index (χ3v) is 3.43. The van der Waals surface area contributed by atoms with Gasteiger partial charge in [-0.05, 0) is 48.5 Å². The van der Waals surface area contributed by atoms with Crippen LogP contribution in [0.4, 0.5) is 11.4 Å². The van der Waals surface area contributed by atoms with E-state index in [1.165, 1.54) is 0 Å². The first kappa shape index (κ1) is 16.3. The number of aromatic nitrogens is 1. The van der Waals surface area contributed by atoms with Gasteiger partial charge in [0.2, 0.25) is 5.91 Å². The van der Waals surface area contributed by atoms with Crippen LogP contribution in [-0.2, 0) is 4.79 Å². The van der Waals surface area contributed by atoms with E-state index < -0.39 is 0 Å². The van der Waals surface area contributed by atoms with Gasteiger partial charge in [0, 0.05) is 34.9 Å². The van der Waals surface area contributed by atoms with E-state index in [9.17, 15) is 4.79 Å². The number of amides is 1. The highest BCUT2D eigenvalue weighted by Crippen LogP contribution is 2.09. The van der Waals surface area contributed by atoms with Crippen LogP contribution in [0.5, 0.6) is 0 Å². The number of hydrogen-bond donors (Lipinski definition) is 2. The van der Waals surface area contributed by atoms with Gasteiger partial charge in [0.1, 0.15) is 0 Å². The lowest BCUT2D eigenvalue weighted by molar-refractivity contribution is -0.114. The van der Waals surface area contributed by atoms with E-state index in [0.717, 1.165) is 22.5 Å². The number of benzene rings is 2. The van der Waals surface area contributed by atoms with Crippen molar-refractivity contribution in [3.8, 4) is 11.8 Å². The Labute approximate surface area is 146 Å². The van der Waals surface area contributed by atoms with Crippen LogP contribution in [0.1, 0.15) is 11.1 Å². The zero-order valence-corrected chi connectivity index (χ0v) is 13.6. The van der Waals surface area contributed by atoms with E-state index in [4.69, 9.17) is 0 Å². The van der Waals surface area contributed by atoms with Crippen molar-refractivity contribution in [3.05, 3.63) is 90.3 Å². The molecule has 1 heterocycles. The summed E-state index contributed by atoms with van der Waals surface area (Å²) in [6.07, 6.45) is 3.35. The van der Waals surface area contributed by atoms with Crippen molar-refractivity contribution < 1.29 is 4.79 Å². The van der Waals surface area contributed by atoms with Gasteiger partial charge in [0.15, 0.2) is 0 Å². The Morgan fingerprint density at radius 3 is 2.12 bits per heavy atom. The maximum atomic E-state index is 12.0. The molecule has 2 aromatic carbocycles. The van der Waals surface area contributed by atoms with Gasteiger partial charge < -0.3 is 10.6 Å². The first-order valence-corrected chi connectivity index (χ1v) is 7.90. The predicted molar refractivity (Wildman–Crippen MR) is 100 cm³/mol. The van der Waals surface area contributed by atoms with Crippen molar-refractivity contribution in [1.82, 2.24) is 4.98 Å². The molecule has 0 radical (unpaired) electrons. The molecule has 2 N–H and O–H groups in total. The molecule has 1 aromatic heterocycles. The molecular weight excluding hydrogens is 310 g/mol. The summed E-state index contributed by atoms with van der Waals surface area (Å²) < 4.78 is 0. The molecule has 0 unspecified atom stereocenters. The number of carbonyl (C=O) groups is 1. The Morgan fingerprint density at radius 2 is 1.44 bits per heavy atom. The minimum atomic E-state index is -0.111. The average molecular weight is 327 g/mol. The number of rotatable bonds is 4. The van der Waals surface area contributed by atoms with Crippen LogP contribution in [0.2, 0.25) is 0 Å². The van der Waals surface area contributed by atoms with Crippen LogP contribution in [-0.4, -0.2) is 17.4 Å².